The fraction of sp³-hybridized carbons (Fsp3) is 0.292. The molecule has 5 rings (SSSR count). The summed E-state index contributed by atoms with van der Waals surface area (Å²) in [4.78, 5) is 13.3. The van der Waals surface area contributed by atoms with Gasteiger partial charge < -0.3 is 10.1 Å². The van der Waals surface area contributed by atoms with Gasteiger partial charge >= 0.3 is 6.01 Å². The molecule has 1 saturated carbocycles. The highest BCUT2D eigenvalue weighted by molar-refractivity contribution is 6.05. The Hall–Kier alpha value is -3.35. The van der Waals surface area contributed by atoms with Crippen molar-refractivity contribution in [2.45, 2.75) is 39.0 Å². The van der Waals surface area contributed by atoms with Crippen LogP contribution in [0.25, 0.3) is 6.08 Å². The zero-order chi connectivity index (χ0) is 21.5. The third-order valence-electron chi connectivity index (χ3n) is 5.48. The highest BCUT2D eigenvalue weighted by Gasteiger charge is 2.28. The van der Waals surface area contributed by atoms with Crippen molar-refractivity contribution in [3.8, 4) is 11.8 Å². The van der Waals surface area contributed by atoms with E-state index in [-0.39, 0.29) is 17.3 Å². The van der Waals surface area contributed by atoms with Crippen molar-refractivity contribution in [1.29, 1.82) is 0 Å². The highest BCUT2D eigenvalue weighted by Crippen LogP contribution is 2.41. The topological polar surface area (TPSA) is 59.4 Å². The van der Waals surface area contributed by atoms with E-state index in [4.69, 9.17) is 4.74 Å². The Bertz CT molecular complexity index is 1190. The van der Waals surface area contributed by atoms with Crippen LogP contribution in [0, 0.1) is 11.6 Å². The van der Waals surface area contributed by atoms with Gasteiger partial charge in [-0.2, -0.15) is 9.97 Å². The first-order chi connectivity index (χ1) is 15.0. The van der Waals surface area contributed by atoms with Crippen LogP contribution in [0.15, 0.2) is 46.5 Å². The summed E-state index contributed by atoms with van der Waals surface area (Å²) in [6, 6.07) is 2.92. The van der Waals surface area contributed by atoms with Gasteiger partial charge in [0.05, 0.1) is 12.2 Å². The molecule has 5 nitrogen and oxygen atoms in total. The lowest BCUT2D eigenvalue weighted by Crippen LogP contribution is -2.10. The second kappa shape index (κ2) is 7.72. The minimum atomic E-state index is -0.595. The van der Waals surface area contributed by atoms with Gasteiger partial charge in [-0.15, -0.1) is 0 Å². The smallest absolute Gasteiger partial charge is 0.324 e. The molecule has 1 N–H and O–H groups in total. The van der Waals surface area contributed by atoms with Crippen LogP contribution in [0.2, 0.25) is 0 Å². The van der Waals surface area contributed by atoms with Crippen molar-refractivity contribution in [2.24, 2.45) is 4.99 Å². The first-order valence-electron chi connectivity index (χ1n) is 10.4. The number of amidine groups is 1. The third kappa shape index (κ3) is 4.00. The highest BCUT2D eigenvalue weighted by atomic mass is 19.1. The van der Waals surface area contributed by atoms with E-state index in [1.54, 1.807) is 6.08 Å². The molecule has 0 spiro atoms. The number of ether oxygens (including phenoxy) is 1. The van der Waals surface area contributed by atoms with Crippen LogP contribution in [-0.4, -0.2) is 22.3 Å². The molecule has 31 heavy (non-hydrogen) atoms. The molecule has 1 fully saturated rings. The lowest BCUT2D eigenvalue weighted by molar-refractivity contribution is 0.404. The van der Waals surface area contributed by atoms with Gasteiger partial charge in [0, 0.05) is 29.2 Å². The number of aliphatic imine (C=N–C) groups is 1. The Balaban J connectivity index is 1.45. The molecule has 0 radical (unpaired) electrons. The van der Waals surface area contributed by atoms with Gasteiger partial charge in [0.25, 0.3) is 0 Å². The largest absolute Gasteiger partial charge is 0.421 e. The molecule has 0 saturated heterocycles. The number of nitrogens with one attached hydrogen (secondary N) is 1. The summed E-state index contributed by atoms with van der Waals surface area (Å²) in [5.41, 5.74) is 3.43. The van der Waals surface area contributed by atoms with Gasteiger partial charge in [-0.05, 0) is 44.8 Å². The molecule has 0 amide bonds. The minimum Gasteiger partial charge on any atom is -0.421 e. The normalized spacial score (nSPS) is 17.5. The van der Waals surface area contributed by atoms with Gasteiger partial charge in [-0.25, -0.2) is 8.78 Å². The molecule has 2 aromatic rings. The van der Waals surface area contributed by atoms with Crippen molar-refractivity contribution in [3.63, 3.8) is 0 Å². The van der Waals surface area contributed by atoms with Crippen LogP contribution in [0.5, 0.6) is 11.8 Å². The van der Waals surface area contributed by atoms with Crippen LogP contribution in [0.4, 0.5) is 14.6 Å². The molecule has 7 heteroatoms. The van der Waals surface area contributed by atoms with Gasteiger partial charge in [-0.3, -0.25) is 4.99 Å². The molecule has 158 valence electrons. The number of fused-ring (bicyclic) bond motifs is 1. The van der Waals surface area contributed by atoms with Crippen LogP contribution in [-0.2, 0) is 6.42 Å². The van der Waals surface area contributed by atoms with Crippen LogP contribution in [0.3, 0.4) is 0 Å². The summed E-state index contributed by atoms with van der Waals surface area (Å²) in [5.74, 6) is 0.240. The molecule has 0 unspecified atom stereocenters. The van der Waals surface area contributed by atoms with Crippen molar-refractivity contribution < 1.29 is 13.5 Å². The summed E-state index contributed by atoms with van der Waals surface area (Å²) in [6.07, 6.45) is 10.1. The molecule has 1 aromatic carbocycles. The van der Waals surface area contributed by atoms with E-state index < -0.39 is 11.6 Å². The number of hydrogen-bond acceptors (Lipinski definition) is 5. The fourth-order valence-electron chi connectivity index (χ4n) is 3.84. The van der Waals surface area contributed by atoms with Crippen LogP contribution in [0.1, 0.15) is 49.4 Å². The minimum absolute atomic E-state index is 0.0138. The zero-order valence-electron chi connectivity index (χ0n) is 17.4. The standard InChI is InChI=1S/C24H22F2N4O/c1-3-4-14-9-21(27-12-14)29-22-11-19(15-5-6-15)28-24(30-22)31-20-10-18(25)16-7-13(2)8-17(16)23(20)26/h3-4,8-11,15H,5-7,12H2,1-2H3,(H,27,28,29,30)/b4-3+. The molecule has 0 bridgehead atoms. The maximum Gasteiger partial charge on any atom is 0.324 e. The molecular weight excluding hydrogens is 398 g/mol. The van der Waals surface area contributed by atoms with Crippen molar-refractivity contribution in [2.75, 3.05) is 11.9 Å². The van der Waals surface area contributed by atoms with E-state index in [1.165, 1.54) is 0 Å². The van der Waals surface area contributed by atoms with E-state index in [0.29, 0.717) is 36.1 Å². The Morgan fingerprint density at radius 2 is 2.00 bits per heavy atom. The zero-order valence-corrected chi connectivity index (χ0v) is 17.4. The Morgan fingerprint density at radius 1 is 1.16 bits per heavy atom. The van der Waals surface area contributed by atoms with Gasteiger partial charge in [0.2, 0.25) is 0 Å². The maximum atomic E-state index is 15.0. The third-order valence-corrected chi connectivity index (χ3v) is 5.48. The van der Waals surface area contributed by atoms with E-state index in [9.17, 15) is 8.78 Å². The van der Waals surface area contributed by atoms with Crippen LogP contribution >= 0.6 is 0 Å². The number of aromatic nitrogens is 2. The van der Waals surface area contributed by atoms with E-state index >= 15 is 0 Å². The maximum absolute atomic E-state index is 15.0. The summed E-state index contributed by atoms with van der Waals surface area (Å²) in [7, 11) is 0. The Morgan fingerprint density at radius 3 is 2.77 bits per heavy atom. The number of anilines is 1. The SMILES string of the molecule is C/C=C/C1=CC(Nc2cc(C3CC3)nc(Oc3cc(F)c4c(c3F)C=C(C)C4)n2)=NC1. The van der Waals surface area contributed by atoms with Crippen molar-refractivity contribution in [3.05, 3.63) is 70.0 Å². The number of rotatable bonds is 5. The van der Waals surface area contributed by atoms with E-state index in [1.807, 2.05) is 38.1 Å². The molecule has 1 aliphatic heterocycles. The van der Waals surface area contributed by atoms with E-state index in [2.05, 4.69) is 20.3 Å². The Labute approximate surface area is 179 Å². The predicted molar refractivity (Wildman–Crippen MR) is 117 cm³/mol. The van der Waals surface area contributed by atoms with Gasteiger partial charge in [-0.1, -0.05) is 23.8 Å². The summed E-state index contributed by atoms with van der Waals surface area (Å²) in [5, 5.41) is 3.18. The fourth-order valence-corrected chi connectivity index (χ4v) is 3.84. The molecule has 1 aromatic heterocycles. The van der Waals surface area contributed by atoms with Crippen molar-refractivity contribution >= 4 is 17.7 Å². The molecule has 2 aliphatic carbocycles. The molecular formula is C24H22F2N4O. The first-order valence-corrected chi connectivity index (χ1v) is 10.4. The first kappa shape index (κ1) is 19.6. The number of halogens is 2. The van der Waals surface area contributed by atoms with Gasteiger partial charge in [0.1, 0.15) is 17.5 Å². The number of allylic oxidation sites excluding steroid dienone is 2. The monoisotopic (exact) mass is 420 g/mol. The number of nitrogens with zero attached hydrogens (tertiary/aromatic N) is 3. The molecule has 3 aliphatic rings. The summed E-state index contributed by atoms with van der Waals surface area (Å²) in [6.45, 7) is 4.41. The average molecular weight is 420 g/mol. The van der Waals surface area contributed by atoms with E-state index in [0.717, 1.165) is 35.7 Å². The van der Waals surface area contributed by atoms with Crippen LogP contribution < -0.4 is 10.1 Å². The lowest BCUT2D eigenvalue weighted by Gasteiger charge is -2.12. The number of benzene rings is 1. The molecule has 2 heterocycles. The lowest BCUT2D eigenvalue weighted by atomic mass is 10.1. The quantitative estimate of drug-likeness (QED) is 0.673. The molecule has 0 atom stereocenters. The predicted octanol–water partition coefficient (Wildman–Crippen LogP) is 5.71. The Kier molecular flexibility index (Phi) is 4.88. The second-order valence-corrected chi connectivity index (χ2v) is 8.11. The number of hydrogen-bond donors (Lipinski definition) is 1. The average Bonchev–Trinajstić information content (AvgIpc) is 3.38. The summed E-state index contributed by atoms with van der Waals surface area (Å²) >= 11 is 0. The van der Waals surface area contributed by atoms with Gasteiger partial charge in [0.15, 0.2) is 11.6 Å². The second-order valence-electron chi connectivity index (χ2n) is 8.11. The van der Waals surface area contributed by atoms with Crippen molar-refractivity contribution in [1.82, 2.24) is 9.97 Å². The summed E-state index contributed by atoms with van der Waals surface area (Å²) < 4.78 is 35.2.